The maximum atomic E-state index is 12.1. The van der Waals surface area contributed by atoms with Crippen molar-refractivity contribution in [1.82, 2.24) is 10.3 Å². The van der Waals surface area contributed by atoms with Crippen molar-refractivity contribution < 1.29 is 9.59 Å². The SMILES string of the molecule is CC(=O)c1c[nH]c(C(=O)NC2CC2c2ccccc2Br)c1. The molecule has 2 atom stereocenters. The van der Waals surface area contributed by atoms with Crippen molar-refractivity contribution in [2.24, 2.45) is 0 Å². The fourth-order valence-electron chi connectivity index (χ4n) is 2.45. The highest BCUT2D eigenvalue weighted by Gasteiger charge is 2.40. The van der Waals surface area contributed by atoms with Crippen LogP contribution in [-0.2, 0) is 0 Å². The molecule has 3 rings (SSSR count). The number of carbonyl (C=O) groups excluding carboxylic acids is 2. The first-order chi connectivity index (χ1) is 10.1. The lowest BCUT2D eigenvalue weighted by atomic mass is 10.1. The second-order valence-electron chi connectivity index (χ2n) is 5.30. The van der Waals surface area contributed by atoms with Crippen LogP contribution in [0.3, 0.4) is 0 Å². The lowest BCUT2D eigenvalue weighted by Crippen LogP contribution is -2.26. The van der Waals surface area contributed by atoms with E-state index < -0.39 is 0 Å². The molecule has 0 aliphatic heterocycles. The van der Waals surface area contributed by atoms with E-state index in [4.69, 9.17) is 0 Å². The minimum atomic E-state index is -0.165. The van der Waals surface area contributed by atoms with Gasteiger partial charge in [0, 0.05) is 28.2 Å². The number of rotatable bonds is 4. The van der Waals surface area contributed by atoms with E-state index in [1.165, 1.54) is 12.5 Å². The Bertz CT molecular complexity index is 708. The van der Waals surface area contributed by atoms with Crippen LogP contribution in [0.25, 0.3) is 0 Å². The molecule has 0 bridgehead atoms. The average molecular weight is 347 g/mol. The van der Waals surface area contributed by atoms with Crippen LogP contribution < -0.4 is 5.32 Å². The normalized spacial score (nSPS) is 20.1. The number of nitrogens with one attached hydrogen (secondary N) is 2. The topological polar surface area (TPSA) is 62.0 Å². The van der Waals surface area contributed by atoms with Gasteiger partial charge in [0.1, 0.15) is 5.69 Å². The van der Waals surface area contributed by atoms with Gasteiger partial charge in [0.15, 0.2) is 5.78 Å². The molecule has 1 amide bonds. The minimum Gasteiger partial charge on any atom is -0.356 e. The molecular weight excluding hydrogens is 332 g/mol. The van der Waals surface area contributed by atoms with Crippen molar-refractivity contribution in [3.05, 3.63) is 57.8 Å². The van der Waals surface area contributed by atoms with Crippen LogP contribution in [0.4, 0.5) is 0 Å². The third-order valence-electron chi connectivity index (χ3n) is 3.75. The summed E-state index contributed by atoms with van der Waals surface area (Å²) in [5.74, 6) is 0.136. The molecule has 108 valence electrons. The Kier molecular flexibility index (Phi) is 3.68. The Morgan fingerprint density at radius 3 is 2.76 bits per heavy atom. The van der Waals surface area contributed by atoms with Crippen molar-refractivity contribution in [2.75, 3.05) is 0 Å². The number of carbonyl (C=O) groups is 2. The second kappa shape index (κ2) is 5.48. The molecule has 1 aliphatic rings. The smallest absolute Gasteiger partial charge is 0.267 e. The van der Waals surface area contributed by atoms with Gasteiger partial charge in [-0.05, 0) is 31.0 Å². The number of hydrogen-bond donors (Lipinski definition) is 2. The van der Waals surface area contributed by atoms with Gasteiger partial charge in [-0.15, -0.1) is 0 Å². The van der Waals surface area contributed by atoms with Crippen LogP contribution in [-0.4, -0.2) is 22.7 Å². The Morgan fingerprint density at radius 2 is 2.10 bits per heavy atom. The molecule has 1 aliphatic carbocycles. The number of hydrogen-bond acceptors (Lipinski definition) is 2. The Balaban J connectivity index is 1.64. The minimum absolute atomic E-state index is 0.0529. The Morgan fingerprint density at radius 1 is 1.33 bits per heavy atom. The summed E-state index contributed by atoms with van der Waals surface area (Å²) in [5.41, 5.74) is 2.18. The monoisotopic (exact) mass is 346 g/mol. The predicted molar refractivity (Wildman–Crippen MR) is 83.6 cm³/mol. The van der Waals surface area contributed by atoms with Crippen molar-refractivity contribution in [2.45, 2.75) is 25.3 Å². The first kappa shape index (κ1) is 14.1. The third kappa shape index (κ3) is 2.93. The molecule has 0 spiro atoms. The van der Waals surface area contributed by atoms with Crippen molar-refractivity contribution in [3.63, 3.8) is 0 Å². The Labute approximate surface area is 131 Å². The number of aromatic nitrogens is 1. The summed E-state index contributed by atoms with van der Waals surface area (Å²) in [4.78, 5) is 26.2. The second-order valence-corrected chi connectivity index (χ2v) is 6.16. The zero-order valence-electron chi connectivity index (χ0n) is 11.5. The summed E-state index contributed by atoms with van der Waals surface area (Å²) >= 11 is 3.54. The molecule has 2 aromatic rings. The predicted octanol–water partition coefficient (Wildman–Crippen LogP) is 3.27. The highest BCUT2D eigenvalue weighted by atomic mass is 79.9. The van der Waals surface area contributed by atoms with E-state index in [0.717, 1.165) is 10.9 Å². The average Bonchev–Trinajstić information content (AvgIpc) is 3.02. The van der Waals surface area contributed by atoms with Gasteiger partial charge < -0.3 is 10.3 Å². The zero-order valence-corrected chi connectivity index (χ0v) is 13.1. The number of ketones is 1. The fraction of sp³-hybridized carbons (Fsp3) is 0.250. The van der Waals surface area contributed by atoms with Gasteiger partial charge in [0.2, 0.25) is 0 Å². The first-order valence-electron chi connectivity index (χ1n) is 6.81. The summed E-state index contributed by atoms with van der Waals surface area (Å²) in [6.45, 7) is 1.48. The standard InChI is InChI=1S/C16H15BrN2O2/c1-9(20)10-6-15(18-8-10)16(21)19-14-7-12(14)11-4-2-3-5-13(11)17/h2-6,8,12,14,18H,7H2,1H3,(H,19,21). The molecule has 5 heteroatoms. The van der Waals surface area contributed by atoms with Gasteiger partial charge in [-0.3, -0.25) is 9.59 Å². The number of Topliss-reactive ketones (excluding diaryl/α,β-unsaturated/α-hetero) is 1. The molecule has 4 nitrogen and oxygen atoms in total. The van der Waals surface area contributed by atoms with Gasteiger partial charge in [0.25, 0.3) is 5.91 Å². The van der Waals surface area contributed by atoms with E-state index in [1.54, 1.807) is 12.3 Å². The number of aromatic amines is 1. The van der Waals surface area contributed by atoms with Crippen LogP contribution in [0.15, 0.2) is 41.0 Å². The van der Waals surface area contributed by atoms with E-state index in [9.17, 15) is 9.59 Å². The van der Waals surface area contributed by atoms with Gasteiger partial charge in [0.05, 0.1) is 0 Å². The van der Waals surface area contributed by atoms with E-state index in [-0.39, 0.29) is 17.7 Å². The zero-order chi connectivity index (χ0) is 15.0. The van der Waals surface area contributed by atoms with Gasteiger partial charge >= 0.3 is 0 Å². The summed E-state index contributed by atoms with van der Waals surface area (Å²) in [6.07, 6.45) is 2.50. The number of benzene rings is 1. The van der Waals surface area contributed by atoms with Crippen molar-refractivity contribution in [3.8, 4) is 0 Å². The highest BCUT2D eigenvalue weighted by molar-refractivity contribution is 9.10. The lowest BCUT2D eigenvalue weighted by molar-refractivity contribution is 0.0945. The van der Waals surface area contributed by atoms with Crippen LogP contribution in [0.1, 0.15) is 45.7 Å². The van der Waals surface area contributed by atoms with Crippen molar-refractivity contribution in [1.29, 1.82) is 0 Å². The Hall–Kier alpha value is -1.88. The molecule has 21 heavy (non-hydrogen) atoms. The molecule has 0 saturated heterocycles. The molecule has 1 aromatic heterocycles. The molecular formula is C16H15BrN2O2. The quantitative estimate of drug-likeness (QED) is 0.834. The molecule has 2 N–H and O–H groups in total. The lowest BCUT2D eigenvalue weighted by Gasteiger charge is -2.05. The maximum Gasteiger partial charge on any atom is 0.267 e. The van der Waals surface area contributed by atoms with Crippen molar-refractivity contribution >= 4 is 27.6 Å². The van der Waals surface area contributed by atoms with E-state index in [1.807, 2.05) is 18.2 Å². The molecule has 1 heterocycles. The number of amides is 1. The van der Waals surface area contributed by atoms with Gasteiger partial charge in [-0.1, -0.05) is 34.1 Å². The van der Waals surface area contributed by atoms with Gasteiger partial charge in [-0.2, -0.15) is 0 Å². The summed E-state index contributed by atoms with van der Waals surface area (Å²) in [6, 6.07) is 9.81. The molecule has 1 aromatic carbocycles. The van der Waals surface area contributed by atoms with E-state index >= 15 is 0 Å². The molecule has 1 fully saturated rings. The van der Waals surface area contributed by atoms with E-state index in [2.05, 4.69) is 32.3 Å². The van der Waals surface area contributed by atoms with Gasteiger partial charge in [-0.25, -0.2) is 0 Å². The summed E-state index contributed by atoms with van der Waals surface area (Å²) < 4.78 is 1.07. The van der Waals surface area contributed by atoms with E-state index in [0.29, 0.717) is 17.2 Å². The number of H-pyrrole nitrogens is 1. The van der Waals surface area contributed by atoms with Crippen LogP contribution in [0.2, 0.25) is 0 Å². The maximum absolute atomic E-state index is 12.1. The highest BCUT2D eigenvalue weighted by Crippen LogP contribution is 2.43. The van der Waals surface area contributed by atoms with Crippen LogP contribution in [0, 0.1) is 0 Å². The third-order valence-corrected chi connectivity index (χ3v) is 4.47. The molecule has 0 radical (unpaired) electrons. The largest absolute Gasteiger partial charge is 0.356 e. The van der Waals surface area contributed by atoms with Crippen LogP contribution in [0.5, 0.6) is 0 Å². The summed E-state index contributed by atoms with van der Waals surface area (Å²) in [7, 11) is 0. The first-order valence-corrected chi connectivity index (χ1v) is 7.60. The molecule has 2 unspecified atom stereocenters. The number of halogens is 1. The molecule has 1 saturated carbocycles. The van der Waals surface area contributed by atoms with Crippen LogP contribution >= 0.6 is 15.9 Å². The summed E-state index contributed by atoms with van der Waals surface area (Å²) in [5, 5.41) is 3.00. The fourth-order valence-corrected chi connectivity index (χ4v) is 3.03.